The van der Waals surface area contributed by atoms with Crippen LogP contribution in [0.5, 0.6) is 0 Å². The van der Waals surface area contributed by atoms with Gasteiger partial charge in [-0.1, -0.05) is 60.7 Å². The average Bonchev–Trinajstić information content (AvgIpc) is 3.02. The lowest BCUT2D eigenvalue weighted by Gasteiger charge is -2.22. The van der Waals surface area contributed by atoms with Crippen LogP contribution in [0.2, 0.25) is 0 Å². The fourth-order valence-corrected chi connectivity index (χ4v) is 3.02. The van der Waals surface area contributed by atoms with Crippen molar-refractivity contribution in [1.29, 1.82) is 0 Å². The standard InChI is InChI=1S/C19H18N2OS/c1-15-20-18(14-23-15)19(22)21(12-16-8-4-2-5-9-16)13-17-10-6-3-7-11-17/h2-11,14H,12-13H2,1H3. The quantitative estimate of drug-likeness (QED) is 0.702. The minimum Gasteiger partial charge on any atom is -0.329 e. The van der Waals surface area contributed by atoms with Crippen LogP contribution in [0.3, 0.4) is 0 Å². The topological polar surface area (TPSA) is 33.2 Å². The van der Waals surface area contributed by atoms with Crippen molar-refractivity contribution in [3.8, 4) is 0 Å². The molecule has 0 spiro atoms. The van der Waals surface area contributed by atoms with Gasteiger partial charge in [0.25, 0.3) is 5.91 Å². The number of aromatic nitrogens is 1. The molecule has 0 aliphatic rings. The van der Waals surface area contributed by atoms with Gasteiger partial charge in [-0.3, -0.25) is 4.79 Å². The van der Waals surface area contributed by atoms with Crippen LogP contribution in [-0.4, -0.2) is 15.8 Å². The number of nitrogens with zero attached hydrogens (tertiary/aromatic N) is 2. The van der Waals surface area contributed by atoms with E-state index >= 15 is 0 Å². The van der Waals surface area contributed by atoms with Crippen molar-refractivity contribution in [2.24, 2.45) is 0 Å². The SMILES string of the molecule is Cc1nc(C(=O)N(Cc2ccccc2)Cc2ccccc2)cs1. The highest BCUT2D eigenvalue weighted by molar-refractivity contribution is 7.09. The van der Waals surface area contributed by atoms with Gasteiger partial charge in [0.05, 0.1) is 5.01 Å². The van der Waals surface area contributed by atoms with Gasteiger partial charge in [0.2, 0.25) is 0 Å². The molecule has 0 bridgehead atoms. The van der Waals surface area contributed by atoms with E-state index in [0.717, 1.165) is 16.1 Å². The summed E-state index contributed by atoms with van der Waals surface area (Å²) in [5.74, 6) is -0.0259. The number of hydrogen-bond donors (Lipinski definition) is 0. The Morgan fingerprint density at radius 2 is 1.48 bits per heavy atom. The van der Waals surface area contributed by atoms with Crippen LogP contribution in [0, 0.1) is 6.92 Å². The number of hydrogen-bond acceptors (Lipinski definition) is 3. The van der Waals surface area contributed by atoms with E-state index in [1.165, 1.54) is 11.3 Å². The van der Waals surface area contributed by atoms with Gasteiger partial charge < -0.3 is 4.90 Å². The Kier molecular flexibility index (Phi) is 4.83. The van der Waals surface area contributed by atoms with Crippen molar-refractivity contribution in [1.82, 2.24) is 9.88 Å². The summed E-state index contributed by atoms with van der Waals surface area (Å²) >= 11 is 1.50. The van der Waals surface area contributed by atoms with Gasteiger partial charge in [-0.25, -0.2) is 4.98 Å². The van der Waals surface area contributed by atoms with Gasteiger partial charge in [0.15, 0.2) is 0 Å². The monoisotopic (exact) mass is 322 g/mol. The van der Waals surface area contributed by atoms with Crippen molar-refractivity contribution in [3.63, 3.8) is 0 Å². The maximum atomic E-state index is 12.8. The number of benzene rings is 2. The summed E-state index contributed by atoms with van der Waals surface area (Å²) in [6.45, 7) is 3.07. The molecular weight excluding hydrogens is 304 g/mol. The van der Waals surface area contributed by atoms with E-state index in [-0.39, 0.29) is 5.91 Å². The number of rotatable bonds is 5. The smallest absolute Gasteiger partial charge is 0.273 e. The second-order valence-electron chi connectivity index (χ2n) is 5.38. The highest BCUT2D eigenvalue weighted by atomic mass is 32.1. The van der Waals surface area contributed by atoms with Crippen LogP contribution >= 0.6 is 11.3 Å². The molecule has 0 aliphatic carbocycles. The van der Waals surface area contributed by atoms with Gasteiger partial charge in [0.1, 0.15) is 5.69 Å². The molecule has 3 rings (SSSR count). The van der Waals surface area contributed by atoms with Gasteiger partial charge >= 0.3 is 0 Å². The predicted octanol–water partition coefficient (Wildman–Crippen LogP) is 4.29. The van der Waals surface area contributed by atoms with E-state index in [1.54, 1.807) is 0 Å². The first-order chi connectivity index (χ1) is 11.2. The van der Waals surface area contributed by atoms with Gasteiger partial charge in [0, 0.05) is 18.5 Å². The molecule has 23 heavy (non-hydrogen) atoms. The highest BCUT2D eigenvalue weighted by Crippen LogP contribution is 2.16. The lowest BCUT2D eigenvalue weighted by atomic mass is 10.1. The minimum absolute atomic E-state index is 0.0259. The van der Waals surface area contributed by atoms with Crippen molar-refractivity contribution in [2.75, 3.05) is 0 Å². The molecule has 0 unspecified atom stereocenters. The van der Waals surface area contributed by atoms with Gasteiger partial charge in [-0.15, -0.1) is 11.3 Å². The fraction of sp³-hybridized carbons (Fsp3) is 0.158. The Morgan fingerprint density at radius 3 is 1.91 bits per heavy atom. The third kappa shape index (κ3) is 4.05. The molecule has 2 aromatic carbocycles. The third-order valence-corrected chi connectivity index (χ3v) is 4.33. The Morgan fingerprint density at radius 1 is 0.957 bits per heavy atom. The molecular formula is C19H18N2OS. The van der Waals surface area contributed by atoms with Gasteiger partial charge in [-0.05, 0) is 18.1 Å². The molecule has 0 radical (unpaired) electrons. The van der Waals surface area contributed by atoms with Crippen LogP contribution in [0.25, 0.3) is 0 Å². The molecule has 3 nitrogen and oxygen atoms in total. The second kappa shape index (κ2) is 7.20. The van der Waals surface area contributed by atoms with Gasteiger partial charge in [-0.2, -0.15) is 0 Å². The van der Waals surface area contributed by atoms with E-state index in [1.807, 2.05) is 77.9 Å². The summed E-state index contributed by atoms with van der Waals surface area (Å²) in [6, 6.07) is 20.1. The van der Waals surface area contributed by atoms with E-state index in [4.69, 9.17) is 0 Å². The Balaban J connectivity index is 1.84. The molecule has 0 saturated heterocycles. The number of aryl methyl sites for hydroxylation is 1. The number of carbonyl (C=O) groups excluding carboxylic acids is 1. The average molecular weight is 322 g/mol. The molecule has 1 heterocycles. The number of carbonyl (C=O) groups is 1. The fourth-order valence-electron chi connectivity index (χ4n) is 2.43. The summed E-state index contributed by atoms with van der Waals surface area (Å²) in [4.78, 5) is 19.0. The first-order valence-corrected chi connectivity index (χ1v) is 8.39. The normalized spacial score (nSPS) is 10.5. The van der Waals surface area contributed by atoms with Crippen LogP contribution in [0.1, 0.15) is 26.6 Å². The Bertz CT molecular complexity index is 727. The summed E-state index contributed by atoms with van der Waals surface area (Å²) < 4.78 is 0. The molecule has 0 fully saturated rings. The Labute approximate surface area is 140 Å². The molecule has 116 valence electrons. The predicted molar refractivity (Wildman–Crippen MR) is 93.3 cm³/mol. The third-order valence-electron chi connectivity index (χ3n) is 3.56. The van der Waals surface area contributed by atoms with Crippen molar-refractivity contribution >= 4 is 17.2 Å². The summed E-state index contributed by atoms with van der Waals surface area (Å²) in [5.41, 5.74) is 2.76. The van der Waals surface area contributed by atoms with Crippen LogP contribution in [0.15, 0.2) is 66.0 Å². The molecule has 0 aliphatic heterocycles. The zero-order valence-electron chi connectivity index (χ0n) is 13.0. The van der Waals surface area contributed by atoms with Crippen molar-refractivity contribution < 1.29 is 4.79 Å². The van der Waals surface area contributed by atoms with Crippen LogP contribution in [0.4, 0.5) is 0 Å². The molecule has 0 atom stereocenters. The lowest BCUT2D eigenvalue weighted by Crippen LogP contribution is -2.30. The van der Waals surface area contributed by atoms with Crippen molar-refractivity contribution in [3.05, 3.63) is 87.9 Å². The summed E-state index contributed by atoms with van der Waals surface area (Å²) in [7, 11) is 0. The molecule has 0 N–H and O–H groups in total. The molecule has 4 heteroatoms. The van der Waals surface area contributed by atoms with Crippen molar-refractivity contribution in [2.45, 2.75) is 20.0 Å². The van der Waals surface area contributed by atoms with E-state index in [9.17, 15) is 4.79 Å². The zero-order valence-corrected chi connectivity index (χ0v) is 13.8. The van der Waals surface area contributed by atoms with Crippen LogP contribution in [-0.2, 0) is 13.1 Å². The maximum Gasteiger partial charge on any atom is 0.273 e. The lowest BCUT2D eigenvalue weighted by molar-refractivity contribution is 0.0724. The first kappa shape index (κ1) is 15.4. The zero-order chi connectivity index (χ0) is 16.1. The highest BCUT2D eigenvalue weighted by Gasteiger charge is 2.19. The number of thiazole rings is 1. The first-order valence-electron chi connectivity index (χ1n) is 7.51. The summed E-state index contributed by atoms with van der Waals surface area (Å²) in [6.07, 6.45) is 0. The van der Waals surface area contributed by atoms with Crippen LogP contribution < -0.4 is 0 Å². The molecule has 0 saturated carbocycles. The maximum absolute atomic E-state index is 12.8. The largest absolute Gasteiger partial charge is 0.329 e. The Hall–Kier alpha value is -2.46. The molecule has 1 amide bonds. The minimum atomic E-state index is -0.0259. The second-order valence-corrected chi connectivity index (χ2v) is 6.45. The van der Waals surface area contributed by atoms with E-state index in [2.05, 4.69) is 4.98 Å². The number of amides is 1. The molecule has 3 aromatic rings. The molecule has 1 aromatic heterocycles. The van der Waals surface area contributed by atoms with E-state index < -0.39 is 0 Å². The summed E-state index contributed by atoms with van der Waals surface area (Å²) in [5, 5.41) is 2.74. The van der Waals surface area contributed by atoms with E-state index in [0.29, 0.717) is 18.8 Å².